The van der Waals surface area contributed by atoms with E-state index in [0.29, 0.717) is 63.1 Å². The fraction of sp³-hybridized carbons (Fsp3) is 0.190. The molecule has 16 rings (SSSR count). The zero-order valence-corrected chi connectivity index (χ0v) is 71.2. The van der Waals surface area contributed by atoms with E-state index in [1.54, 1.807) is 38.6 Å². The predicted octanol–water partition coefficient (Wildman–Crippen LogP) is 5.15. The molecular weight excluding hydrogens is 1690 g/mol. The van der Waals surface area contributed by atoms with Crippen LogP contribution in [0.5, 0.6) is 0 Å². The van der Waals surface area contributed by atoms with Crippen LogP contribution in [0, 0.1) is 0 Å². The number of H-pyrrole nitrogens is 4. The Bertz CT molecular complexity index is 5170. The van der Waals surface area contributed by atoms with Crippen molar-refractivity contribution in [3.63, 3.8) is 0 Å². The van der Waals surface area contributed by atoms with Crippen molar-refractivity contribution in [3.05, 3.63) is 317 Å². The molecule has 0 atom stereocenters. The van der Waals surface area contributed by atoms with E-state index in [0.717, 1.165) is 91.6 Å². The normalized spacial score (nSPS) is 10.7. The molecule has 592 valence electrons. The van der Waals surface area contributed by atoms with Gasteiger partial charge in [-0.05, 0) is 169 Å². The third-order valence-corrected chi connectivity index (χ3v) is 22.2. The van der Waals surface area contributed by atoms with Crippen LogP contribution in [0.15, 0.2) is 293 Å². The molecule has 0 saturated carbocycles. The number of aromatic nitrogens is 16. The van der Waals surface area contributed by atoms with E-state index in [4.69, 9.17) is 29.7 Å². The van der Waals surface area contributed by atoms with Gasteiger partial charge in [0.1, 0.15) is 12.0 Å². The Morgan fingerprint density at radius 1 is 0.333 bits per heavy atom. The minimum Gasteiger partial charge on any atom is -1.00 e. The average molecular weight is 1780 g/mol. The van der Waals surface area contributed by atoms with Crippen LogP contribution in [0.3, 0.4) is 0 Å². The number of hydrogen-bond acceptors (Lipinski definition) is 14. The van der Waals surface area contributed by atoms with Gasteiger partial charge in [-0.2, -0.15) is 13.7 Å². The monoisotopic (exact) mass is 1780 g/mol. The molecule has 0 aliphatic rings. The number of aryl methyl sites for hydroxylation is 1. The van der Waals surface area contributed by atoms with Crippen LogP contribution < -0.4 is 72.5 Å². The van der Waals surface area contributed by atoms with Gasteiger partial charge in [-0.15, -0.1) is 11.6 Å². The Labute approximate surface area is 705 Å². The molecular formula is C84H88Br2Cl4N16O6P2. The Morgan fingerprint density at radius 2 is 0.561 bits per heavy atom. The molecule has 22 nitrogen and oxygen atoms in total. The van der Waals surface area contributed by atoms with Crippen molar-refractivity contribution in [3.8, 4) is 44.5 Å². The molecule has 0 radical (unpaired) electrons. The molecule has 0 amide bonds. The topological polar surface area (TPSA) is 253 Å². The first kappa shape index (κ1) is 91.6. The lowest BCUT2D eigenvalue weighted by molar-refractivity contribution is -0.692. The first-order chi connectivity index (χ1) is 53.9. The van der Waals surface area contributed by atoms with Gasteiger partial charge in [-0.1, -0.05) is 64.5 Å². The van der Waals surface area contributed by atoms with Gasteiger partial charge in [-0.25, -0.2) is 24.5 Å². The van der Waals surface area contributed by atoms with Gasteiger partial charge in [0.05, 0.1) is 82.6 Å². The number of nitrogens with one attached hydrogen (secondary N) is 4. The number of halogens is 6. The van der Waals surface area contributed by atoms with Crippen LogP contribution in [0.25, 0.3) is 88.6 Å². The average Bonchev–Trinajstić information content (AvgIpc) is 1.54. The van der Waals surface area contributed by atoms with Gasteiger partial charge < -0.3 is 92.2 Å². The molecule has 0 spiro atoms. The van der Waals surface area contributed by atoms with E-state index in [-0.39, 0.29) is 54.2 Å². The number of rotatable bonds is 24. The molecule has 30 heteroatoms. The van der Waals surface area contributed by atoms with Gasteiger partial charge in [0.15, 0.2) is 73.6 Å². The minimum atomic E-state index is -3.03. The SMILES string of the molecule is CCOP(=O)(CCBr)OCC.CCOP(=O)(CC[n+]1ccc(-c2cc[n+](Cc3nc4ccccc4[nH]3)cc2)cc1)OCC.ClCc1nc2ccccc2[nH]1.[Br-].[Cl-].[Cl-].[Cl-].c1cc(-c2ccncc2)ccn1.c1ccc2[nH]c(C[n+]3ccc(-c4ccncc4)cc3)nc2c1.c1ccc2[nH]c(C[n+]3ccc(-c4ccncc4)cc3)nc2c1. The van der Waals surface area contributed by atoms with Crippen LogP contribution in [-0.4, -0.2) is 104 Å². The van der Waals surface area contributed by atoms with Crippen LogP contribution in [-0.2, 0) is 59.3 Å². The van der Waals surface area contributed by atoms with Crippen LogP contribution in [0.1, 0.15) is 51.0 Å². The van der Waals surface area contributed by atoms with Gasteiger partial charge in [-0.3, -0.25) is 29.1 Å². The summed E-state index contributed by atoms with van der Waals surface area (Å²) in [7, 11) is -5.80. The number of para-hydroxylation sites is 8. The molecule has 12 heterocycles. The fourth-order valence-corrected chi connectivity index (χ4v) is 15.9. The molecule has 0 fully saturated rings. The summed E-state index contributed by atoms with van der Waals surface area (Å²) >= 11 is 8.80. The van der Waals surface area contributed by atoms with Gasteiger partial charge in [0.25, 0.3) is 0 Å². The summed E-state index contributed by atoms with van der Waals surface area (Å²) in [5.74, 6) is 4.12. The highest BCUT2D eigenvalue weighted by Crippen LogP contribution is 2.48. The van der Waals surface area contributed by atoms with E-state index in [1.165, 1.54) is 33.4 Å². The molecule has 4 N–H and O–H groups in total. The standard InChI is InChI=1S/C24H28N4O3P.2C18H15N4.C10H8N2.C8H7ClN2.C6H14BrO3P.BrH.3ClH/c1-3-30-32(29,31-4-2)18-17-27-13-9-20(10-14-27)21-11-15-28(16-12-21)19-24-25-22-7-5-6-8-23(22)26-24;2*1-2-4-17-16(3-1)20-18(21-17)13-22-11-7-15(8-12-22)14-5-9-19-10-6-14;1-5-11-6-2-9(1)10-3-7-12-8-4-10;9-5-8-10-6-3-1-2-4-7(6)11-8;1-3-9-11(8,6-5-7)10-4-2;;;;/h5-16H,3-4,17-19H2,1-2H3;2*1-12H,13H2,(H,20,21);1-8H;1-4H,5H2,(H,10,11);3-6H2,1-2H3;4*1H/q3*+1;;;;;;;/p-3. The molecule has 0 bridgehead atoms. The van der Waals surface area contributed by atoms with Crippen molar-refractivity contribution in [2.24, 2.45) is 0 Å². The van der Waals surface area contributed by atoms with Crippen molar-refractivity contribution in [1.29, 1.82) is 0 Å². The summed E-state index contributed by atoms with van der Waals surface area (Å²) in [4.78, 5) is 47.3. The number of fused-ring (bicyclic) bond motifs is 4. The Hall–Kier alpha value is -9.62. The third-order valence-electron chi connectivity index (χ3n) is 16.8. The second kappa shape index (κ2) is 47.9. The van der Waals surface area contributed by atoms with E-state index in [2.05, 4.69) is 175 Å². The minimum absolute atomic E-state index is 0. The van der Waals surface area contributed by atoms with E-state index in [9.17, 15) is 9.13 Å². The summed E-state index contributed by atoms with van der Waals surface area (Å²) in [6.07, 6.45) is 31.6. The predicted molar refractivity (Wildman–Crippen MR) is 436 cm³/mol. The zero-order valence-electron chi connectivity index (χ0n) is 63.2. The molecule has 0 unspecified atom stereocenters. The largest absolute Gasteiger partial charge is 1.00 e. The number of alkyl halides is 2. The lowest BCUT2D eigenvalue weighted by Crippen LogP contribution is -3.00. The highest BCUT2D eigenvalue weighted by molar-refractivity contribution is 9.09. The van der Waals surface area contributed by atoms with Crippen LogP contribution in [0.4, 0.5) is 0 Å². The second-order valence-corrected chi connectivity index (χ2v) is 29.9. The second-order valence-electron chi connectivity index (χ2n) is 24.5. The molecule has 0 aliphatic carbocycles. The Morgan fingerprint density at radius 3 is 0.807 bits per heavy atom. The lowest BCUT2D eigenvalue weighted by Gasteiger charge is -2.15. The quantitative estimate of drug-likeness (QED) is 0.0347. The summed E-state index contributed by atoms with van der Waals surface area (Å²) < 4.78 is 53.2. The first-order valence-electron chi connectivity index (χ1n) is 36.1. The molecule has 4 aromatic carbocycles. The number of imidazole rings is 4. The summed E-state index contributed by atoms with van der Waals surface area (Å²) in [5.41, 5.74) is 17.5. The maximum atomic E-state index is 12.6. The summed E-state index contributed by atoms with van der Waals surface area (Å²) in [6, 6.07) is 64.8. The van der Waals surface area contributed by atoms with E-state index >= 15 is 0 Å². The number of hydrogen-bond donors (Lipinski definition) is 4. The van der Waals surface area contributed by atoms with Crippen molar-refractivity contribution in [2.75, 3.05) is 44.1 Å². The number of benzene rings is 4. The fourth-order valence-electron chi connectivity index (χ4n) is 11.5. The number of nitrogens with zero attached hydrogens (tertiary/aromatic N) is 12. The molecule has 16 aromatic rings. The summed E-state index contributed by atoms with van der Waals surface area (Å²) in [6.45, 7) is 11.6. The first-order valence-corrected chi connectivity index (χ1v) is 41.2. The van der Waals surface area contributed by atoms with Crippen molar-refractivity contribution in [1.82, 2.24) is 59.8 Å². The van der Waals surface area contributed by atoms with Gasteiger partial charge >= 0.3 is 15.2 Å². The third kappa shape index (κ3) is 27.8. The summed E-state index contributed by atoms with van der Waals surface area (Å²) in [5, 5.41) is 0.643. The lowest BCUT2D eigenvalue weighted by atomic mass is 10.1. The van der Waals surface area contributed by atoms with Gasteiger partial charge in [0.2, 0.25) is 19.6 Å². The highest BCUT2D eigenvalue weighted by Gasteiger charge is 2.26. The van der Waals surface area contributed by atoms with Crippen molar-refractivity contribution < 1.29 is 99.7 Å². The Kier molecular flexibility index (Phi) is 38.5. The van der Waals surface area contributed by atoms with Crippen LogP contribution >= 0.6 is 42.7 Å². The molecule has 0 aliphatic heterocycles. The number of pyridine rings is 8. The van der Waals surface area contributed by atoms with Gasteiger partial charge in [0, 0.05) is 103 Å². The number of aromatic amines is 4. The van der Waals surface area contributed by atoms with Crippen molar-refractivity contribution in [2.45, 2.75) is 59.8 Å². The molecule has 0 saturated heterocycles. The van der Waals surface area contributed by atoms with E-state index < -0.39 is 15.2 Å². The van der Waals surface area contributed by atoms with E-state index in [1.807, 2.05) is 201 Å². The molecule has 12 aromatic heterocycles. The van der Waals surface area contributed by atoms with Crippen molar-refractivity contribution >= 4 is 86.9 Å². The maximum absolute atomic E-state index is 12.6. The Balaban J connectivity index is 0.000000197. The zero-order chi connectivity index (χ0) is 76.6. The molecule has 114 heavy (non-hydrogen) atoms. The van der Waals surface area contributed by atoms with Crippen LogP contribution in [0.2, 0.25) is 0 Å². The smallest absolute Gasteiger partial charge is 0.337 e. The maximum Gasteiger partial charge on any atom is 0.337 e. The highest BCUT2D eigenvalue weighted by atomic mass is 79.9.